The minimum absolute atomic E-state index is 0.0748. The van der Waals surface area contributed by atoms with Gasteiger partial charge in [0.2, 0.25) is 0 Å². The lowest BCUT2D eigenvalue weighted by molar-refractivity contribution is 0.0690. The summed E-state index contributed by atoms with van der Waals surface area (Å²) in [6, 6.07) is 2.40. The third kappa shape index (κ3) is 3.75. The van der Waals surface area contributed by atoms with Crippen LogP contribution in [0.15, 0.2) is 24.5 Å². The van der Waals surface area contributed by atoms with Crippen LogP contribution in [-0.4, -0.2) is 27.1 Å². The lowest BCUT2D eigenvalue weighted by Crippen LogP contribution is -2.28. The number of carboxylic acids is 1. The fourth-order valence-electron chi connectivity index (χ4n) is 1.41. The number of aromatic carboxylic acids is 1. The number of hydrogen-bond donors (Lipinski definition) is 3. The van der Waals surface area contributed by atoms with Crippen LogP contribution in [0.4, 0.5) is 10.5 Å². The maximum absolute atomic E-state index is 11.6. The number of pyridine rings is 1. The SMILES string of the molecule is Cc1cnc(CNC(=O)Nc2ccc(C(=O)O)nc2)s1. The van der Waals surface area contributed by atoms with Crippen LogP contribution >= 0.6 is 11.3 Å². The largest absolute Gasteiger partial charge is 0.477 e. The molecule has 3 N–H and O–H groups in total. The number of thiazole rings is 1. The molecule has 0 aromatic carbocycles. The monoisotopic (exact) mass is 292 g/mol. The van der Waals surface area contributed by atoms with E-state index in [4.69, 9.17) is 5.11 Å². The van der Waals surface area contributed by atoms with Crippen LogP contribution < -0.4 is 10.6 Å². The molecule has 0 radical (unpaired) electrons. The molecule has 7 nitrogen and oxygen atoms in total. The number of carbonyl (C=O) groups is 2. The van der Waals surface area contributed by atoms with Crippen LogP contribution in [0.1, 0.15) is 20.4 Å². The third-order valence-corrected chi connectivity index (χ3v) is 3.22. The Bertz CT molecular complexity index is 624. The maximum atomic E-state index is 11.6. The summed E-state index contributed by atoms with van der Waals surface area (Å²) in [5, 5.41) is 14.7. The number of nitrogens with zero attached hydrogens (tertiary/aromatic N) is 2. The summed E-state index contributed by atoms with van der Waals surface area (Å²) in [5.74, 6) is -1.11. The van der Waals surface area contributed by atoms with E-state index >= 15 is 0 Å². The Morgan fingerprint density at radius 1 is 1.30 bits per heavy atom. The molecule has 0 spiro atoms. The molecule has 2 aromatic rings. The van der Waals surface area contributed by atoms with E-state index in [1.807, 2.05) is 6.92 Å². The number of carbonyl (C=O) groups excluding carboxylic acids is 1. The summed E-state index contributed by atoms with van der Waals surface area (Å²) in [7, 11) is 0. The van der Waals surface area contributed by atoms with Crippen molar-refractivity contribution in [2.45, 2.75) is 13.5 Å². The van der Waals surface area contributed by atoms with Gasteiger partial charge in [0.1, 0.15) is 10.7 Å². The first-order valence-corrected chi connectivity index (χ1v) is 6.52. The topological polar surface area (TPSA) is 104 Å². The number of nitrogens with one attached hydrogen (secondary N) is 2. The van der Waals surface area contributed by atoms with Crippen molar-refractivity contribution in [2.75, 3.05) is 5.32 Å². The van der Waals surface area contributed by atoms with Gasteiger partial charge in [-0.1, -0.05) is 0 Å². The fourth-order valence-corrected chi connectivity index (χ4v) is 2.14. The van der Waals surface area contributed by atoms with Gasteiger partial charge in [-0.25, -0.2) is 19.6 Å². The van der Waals surface area contributed by atoms with Gasteiger partial charge >= 0.3 is 12.0 Å². The van der Waals surface area contributed by atoms with E-state index in [1.54, 1.807) is 6.20 Å². The maximum Gasteiger partial charge on any atom is 0.354 e. The summed E-state index contributed by atoms with van der Waals surface area (Å²) >= 11 is 1.51. The molecule has 0 fully saturated rings. The van der Waals surface area contributed by atoms with Gasteiger partial charge in [-0.15, -0.1) is 11.3 Å². The van der Waals surface area contributed by atoms with Gasteiger partial charge in [0, 0.05) is 11.1 Å². The molecule has 0 saturated carbocycles. The molecule has 0 aliphatic carbocycles. The molecule has 20 heavy (non-hydrogen) atoms. The van der Waals surface area contributed by atoms with Crippen LogP contribution in [0, 0.1) is 6.92 Å². The highest BCUT2D eigenvalue weighted by molar-refractivity contribution is 7.11. The molecule has 0 saturated heterocycles. The first-order chi connectivity index (χ1) is 9.54. The summed E-state index contributed by atoms with van der Waals surface area (Å²) < 4.78 is 0. The van der Waals surface area contributed by atoms with Crippen molar-refractivity contribution in [1.82, 2.24) is 15.3 Å². The molecule has 8 heteroatoms. The molecule has 0 aliphatic rings. The van der Waals surface area contributed by atoms with Crippen molar-refractivity contribution in [3.05, 3.63) is 40.1 Å². The predicted octanol–water partition coefficient (Wildman–Crippen LogP) is 1.87. The standard InChI is InChI=1S/C12H12N4O3S/c1-7-4-14-10(20-7)6-15-12(19)16-8-2-3-9(11(17)18)13-5-8/h2-5H,6H2,1H3,(H,17,18)(H2,15,16,19). The molecular weight excluding hydrogens is 280 g/mol. The number of aryl methyl sites for hydroxylation is 1. The lowest BCUT2D eigenvalue weighted by atomic mass is 10.3. The fraction of sp³-hybridized carbons (Fsp3) is 0.167. The van der Waals surface area contributed by atoms with Gasteiger partial charge < -0.3 is 15.7 Å². The Kier molecular flexibility index (Phi) is 4.26. The summed E-state index contributed by atoms with van der Waals surface area (Å²) in [6.45, 7) is 2.28. The quantitative estimate of drug-likeness (QED) is 0.798. The smallest absolute Gasteiger partial charge is 0.354 e. The number of hydrogen-bond acceptors (Lipinski definition) is 5. The van der Waals surface area contributed by atoms with Crippen molar-refractivity contribution in [2.24, 2.45) is 0 Å². The highest BCUT2D eigenvalue weighted by atomic mass is 32.1. The Labute approximate surface area is 118 Å². The van der Waals surface area contributed by atoms with Crippen LogP contribution in [0.2, 0.25) is 0 Å². The average Bonchev–Trinajstić information content (AvgIpc) is 2.83. The van der Waals surface area contributed by atoms with Crippen LogP contribution in [0.5, 0.6) is 0 Å². The molecule has 2 heterocycles. The van der Waals surface area contributed by atoms with Gasteiger partial charge in [0.25, 0.3) is 0 Å². The molecule has 0 aliphatic heterocycles. The first-order valence-electron chi connectivity index (χ1n) is 5.70. The zero-order valence-corrected chi connectivity index (χ0v) is 11.4. The molecule has 0 atom stereocenters. The van der Waals surface area contributed by atoms with Gasteiger partial charge in [0.05, 0.1) is 18.4 Å². The number of aromatic nitrogens is 2. The second-order valence-corrected chi connectivity index (χ2v) is 5.23. The molecule has 2 rings (SSSR count). The summed E-state index contributed by atoms with van der Waals surface area (Å²) in [4.78, 5) is 31.2. The highest BCUT2D eigenvalue weighted by Gasteiger charge is 2.06. The lowest BCUT2D eigenvalue weighted by Gasteiger charge is -2.06. The Balaban J connectivity index is 1.86. The number of carboxylic acid groups (broad SMARTS) is 1. The molecule has 0 unspecified atom stereocenters. The zero-order chi connectivity index (χ0) is 14.5. The minimum atomic E-state index is -1.11. The van der Waals surface area contributed by atoms with E-state index in [0.717, 1.165) is 9.88 Å². The van der Waals surface area contributed by atoms with Crippen molar-refractivity contribution in [1.29, 1.82) is 0 Å². The Morgan fingerprint density at radius 2 is 2.10 bits per heavy atom. The van der Waals surface area contributed by atoms with E-state index < -0.39 is 12.0 Å². The number of urea groups is 1. The van der Waals surface area contributed by atoms with Crippen LogP contribution in [0.25, 0.3) is 0 Å². The van der Waals surface area contributed by atoms with Crippen molar-refractivity contribution in [3.63, 3.8) is 0 Å². The van der Waals surface area contributed by atoms with E-state index in [9.17, 15) is 9.59 Å². The van der Waals surface area contributed by atoms with E-state index in [1.165, 1.54) is 29.7 Å². The second-order valence-electron chi connectivity index (χ2n) is 3.91. The van der Waals surface area contributed by atoms with Gasteiger partial charge in [-0.2, -0.15) is 0 Å². The van der Waals surface area contributed by atoms with Crippen LogP contribution in [0.3, 0.4) is 0 Å². The molecule has 104 valence electrons. The molecule has 2 aromatic heterocycles. The third-order valence-electron chi connectivity index (χ3n) is 2.31. The van der Waals surface area contributed by atoms with Crippen molar-refractivity contribution >= 4 is 29.0 Å². The minimum Gasteiger partial charge on any atom is -0.477 e. The second kappa shape index (κ2) is 6.11. The number of rotatable bonds is 4. The predicted molar refractivity (Wildman–Crippen MR) is 73.9 cm³/mol. The zero-order valence-electron chi connectivity index (χ0n) is 10.6. The van der Waals surface area contributed by atoms with Crippen molar-refractivity contribution < 1.29 is 14.7 Å². The average molecular weight is 292 g/mol. The van der Waals surface area contributed by atoms with Crippen LogP contribution in [-0.2, 0) is 6.54 Å². The molecule has 2 amide bonds. The van der Waals surface area contributed by atoms with Gasteiger partial charge in [-0.3, -0.25) is 0 Å². The Hall–Kier alpha value is -2.48. The normalized spacial score (nSPS) is 10.1. The Morgan fingerprint density at radius 3 is 2.65 bits per heavy atom. The van der Waals surface area contributed by atoms with E-state index in [-0.39, 0.29) is 5.69 Å². The molecular formula is C12H12N4O3S. The van der Waals surface area contributed by atoms with E-state index in [0.29, 0.717) is 12.2 Å². The van der Waals surface area contributed by atoms with Gasteiger partial charge in [0.15, 0.2) is 0 Å². The molecule has 0 bridgehead atoms. The number of amides is 2. The number of anilines is 1. The summed E-state index contributed by atoms with van der Waals surface area (Å²) in [5.41, 5.74) is 0.344. The van der Waals surface area contributed by atoms with E-state index in [2.05, 4.69) is 20.6 Å². The summed E-state index contributed by atoms with van der Waals surface area (Å²) in [6.07, 6.45) is 3.03. The first kappa shape index (κ1) is 13.9. The highest BCUT2D eigenvalue weighted by Crippen LogP contribution is 2.10. The van der Waals surface area contributed by atoms with Gasteiger partial charge in [-0.05, 0) is 19.1 Å². The van der Waals surface area contributed by atoms with Crippen molar-refractivity contribution in [3.8, 4) is 0 Å².